The summed E-state index contributed by atoms with van der Waals surface area (Å²) in [5.41, 5.74) is -0.424. The van der Waals surface area contributed by atoms with Crippen LogP contribution in [0.25, 0.3) is 0 Å². The Labute approximate surface area is 167 Å². The summed E-state index contributed by atoms with van der Waals surface area (Å²) in [5, 5.41) is 3.19. The molecule has 2 rings (SSSR count). The number of alkyl carbamates (subject to hydrolysis) is 1. The van der Waals surface area contributed by atoms with E-state index in [2.05, 4.69) is 17.1 Å². The van der Waals surface area contributed by atoms with E-state index < -0.39 is 5.60 Å². The zero-order chi connectivity index (χ0) is 19.7. The third kappa shape index (κ3) is 8.85. The first-order valence-corrected chi connectivity index (χ1v) is 11.6. The normalized spacial score (nSPS) is 27.3. The second-order valence-corrected chi connectivity index (χ2v) is 9.91. The Kier molecular flexibility index (Phi) is 9.41. The SMILES string of the molecule is CCCCCCC1CCCN(C[C@@H]2CCCC[C@H]2NC(=O)OC(C)(C)C)C1. The van der Waals surface area contributed by atoms with E-state index in [0.717, 1.165) is 18.9 Å². The third-order valence-electron chi connectivity index (χ3n) is 6.17. The molecule has 1 aliphatic heterocycles. The molecule has 4 nitrogen and oxygen atoms in total. The van der Waals surface area contributed by atoms with Crippen LogP contribution in [0.1, 0.15) is 98.3 Å². The molecule has 0 spiro atoms. The maximum atomic E-state index is 12.2. The van der Waals surface area contributed by atoms with E-state index in [1.54, 1.807) is 0 Å². The number of nitrogens with one attached hydrogen (secondary N) is 1. The molecule has 1 saturated carbocycles. The van der Waals surface area contributed by atoms with Crippen molar-refractivity contribution in [2.24, 2.45) is 11.8 Å². The topological polar surface area (TPSA) is 41.6 Å². The van der Waals surface area contributed by atoms with E-state index in [4.69, 9.17) is 4.74 Å². The number of piperidine rings is 1. The Hall–Kier alpha value is -0.770. The Balaban J connectivity index is 1.79. The van der Waals surface area contributed by atoms with Gasteiger partial charge in [0.25, 0.3) is 0 Å². The van der Waals surface area contributed by atoms with Gasteiger partial charge in [0.1, 0.15) is 5.60 Å². The summed E-state index contributed by atoms with van der Waals surface area (Å²) in [6, 6.07) is 0.276. The molecule has 0 radical (unpaired) electrons. The lowest BCUT2D eigenvalue weighted by molar-refractivity contribution is 0.0443. The summed E-state index contributed by atoms with van der Waals surface area (Å²) in [5.74, 6) is 1.46. The number of hydrogen-bond acceptors (Lipinski definition) is 3. The number of amides is 1. The fourth-order valence-electron chi connectivity index (χ4n) is 4.82. The van der Waals surface area contributed by atoms with Crippen LogP contribution in [0.3, 0.4) is 0 Å². The van der Waals surface area contributed by atoms with Gasteiger partial charge in [-0.1, -0.05) is 45.4 Å². The van der Waals surface area contributed by atoms with E-state index in [-0.39, 0.29) is 12.1 Å². The van der Waals surface area contributed by atoms with Gasteiger partial charge in [0, 0.05) is 19.1 Å². The number of unbranched alkanes of at least 4 members (excludes halogenated alkanes) is 3. The number of nitrogens with zero attached hydrogens (tertiary/aromatic N) is 1. The lowest BCUT2D eigenvalue weighted by atomic mass is 9.83. The largest absolute Gasteiger partial charge is 0.444 e. The van der Waals surface area contributed by atoms with Crippen molar-refractivity contribution in [3.05, 3.63) is 0 Å². The number of likely N-dealkylation sites (tertiary alicyclic amines) is 1. The van der Waals surface area contributed by atoms with Gasteiger partial charge in [-0.3, -0.25) is 0 Å². The first-order chi connectivity index (χ1) is 12.9. The standard InChI is InChI=1S/C23H44N2O2/c1-5-6-7-8-12-19-13-11-16-25(17-19)18-20-14-9-10-15-21(20)24-22(26)27-23(2,3)4/h19-21H,5-18H2,1-4H3,(H,24,26)/t19?,20-,21+/m0/s1. The lowest BCUT2D eigenvalue weighted by Gasteiger charge is -2.39. The highest BCUT2D eigenvalue weighted by Crippen LogP contribution is 2.29. The number of hydrogen-bond donors (Lipinski definition) is 1. The number of carbonyl (C=O) groups excluding carboxylic acids is 1. The molecule has 0 bridgehead atoms. The predicted molar refractivity (Wildman–Crippen MR) is 113 cm³/mol. The fourth-order valence-corrected chi connectivity index (χ4v) is 4.82. The van der Waals surface area contributed by atoms with Gasteiger partial charge < -0.3 is 15.0 Å². The van der Waals surface area contributed by atoms with Crippen LogP contribution >= 0.6 is 0 Å². The van der Waals surface area contributed by atoms with Crippen molar-refractivity contribution >= 4 is 6.09 Å². The minimum atomic E-state index is -0.424. The van der Waals surface area contributed by atoms with Crippen LogP contribution in [-0.2, 0) is 4.74 Å². The fraction of sp³-hybridized carbons (Fsp3) is 0.957. The van der Waals surface area contributed by atoms with Crippen LogP contribution in [0.15, 0.2) is 0 Å². The molecule has 3 atom stereocenters. The van der Waals surface area contributed by atoms with Crippen LogP contribution in [0.4, 0.5) is 4.79 Å². The van der Waals surface area contributed by atoms with Crippen LogP contribution < -0.4 is 5.32 Å². The lowest BCUT2D eigenvalue weighted by Crippen LogP contribution is -2.49. The van der Waals surface area contributed by atoms with E-state index in [1.807, 2.05) is 20.8 Å². The summed E-state index contributed by atoms with van der Waals surface area (Å²) < 4.78 is 5.50. The Bertz CT molecular complexity index is 433. The van der Waals surface area contributed by atoms with Gasteiger partial charge in [0.05, 0.1) is 0 Å². The van der Waals surface area contributed by atoms with Crippen molar-refractivity contribution in [3.8, 4) is 0 Å². The number of ether oxygens (including phenoxy) is 1. The number of rotatable bonds is 8. The molecule has 1 N–H and O–H groups in total. The first kappa shape index (κ1) is 22.5. The molecule has 1 heterocycles. The molecular weight excluding hydrogens is 336 g/mol. The third-order valence-corrected chi connectivity index (χ3v) is 6.17. The average molecular weight is 381 g/mol. The molecule has 1 amide bonds. The minimum absolute atomic E-state index is 0.244. The zero-order valence-electron chi connectivity index (χ0n) is 18.4. The summed E-state index contributed by atoms with van der Waals surface area (Å²) in [4.78, 5) is 14.9. The maximum Gasteiger partial charge on any atom is 0.407 e. The van der Waals surface area contributed by atoms with E-state index in [1.165, 1.54) is 77.3 Å². The number of carbonyl (C=O) groups is 1. The molecule has 0 aromatic rings. The smallest absolute Gasteiger partial charge is 0.407 e. The van der Waals surface area contributed by atoms with Gasteiger partial charge >= 0.3 is 6.09 Å². The summed E-state index contributed by atoms with van der Waals surface area (Å²) in [7, 11) is 0. The van der Waals surface area contributed by atoms with Gasteiger partial charge in [0.2, 0.25) is 0 Å². The van der Waals surface area contributed by atoms with Crippen LogP contribution in [0.2, 0.25) is 0 Å². The average Bonchev–Trinajstić information content (AvgIpc) is 2.59. The van der Waals surface area contributed by atoms with Gasteiger partial charge in [0.15, 0.2) is 0 Å². The van der Waals surface area contributed by atoms with E-state index >= 15 is 0 Å². The predicted octanol–water partition coefficient (Wildman–Crippen LogP) is 5.75. The molecule has 2 fully saturated rings. The van der Waals surface area contributed by atoms with Crippen molar-refractivity contribution in [1.82, 2.24) is 10.2 Å². The molecule has 1 saturated heterocycles. The zero-order valence-corrected chi connectivity index (χ0v) is 18.4. The van der Waals surface area contributed by atoms with E-state index in [0.29, 0.717) is 5.92 Å². The minimum Gasteiger partial charge on any atom is -0.444 e. The Morgan fingerprint density at radius 2 is 1.85 bits per heavy atom. The van der Waals surface area contributed by atoms with Gasteiger partial charge in [-0.25, -0.2) is 4.79 Å². The van der Waals surface area contributed by atoms with Crippen LogP contribution in [0, 0.1) is 11.8 Å². The highest BCUT2D eigenvalue weighted by Gasteiger charge is 2.31. The highest BCUT2D eigenvalue weighted by atomic mass is 16.6. The van der Waals surface area contributed by atoms with Crippen LogP contribution in [0.5, 0.6) is 0 Å². The van der Waals surface area contributed by atoms with Crippen LogP contribution in [-0.4, -0.2) is 42.3 Å². The monoisotopic (exact) mass is 380 g/mol. The summed E-state index contributed by atoms with van der Waals surface area (Å²) in [6.45, 7) is 11.7. The van der Waals surface area contributed by atoms with Gasteiger partial charge in [-0.05, 0) is 71.3 Å². The van der Waals surface area contributed by atoms with Crippen molar-refractivity contribution < 1.29 is 9.53 Å². The van der Waals surface area contributed by atoms with Crippen molar-refractivity contribution in [2.75, 3.05) is 19.6 Å². The summed E-state index contributed by atoms with van der Waals surface area (Å²) >= 11 is 0. The van der Waals surface area contributed by atoms with Gasteiger partial charge in [-0.2, -0.15) is 0 Å². The van der Waals surface area contributed by atoms with Gasteiger partial charge in [-0.15, -0.1) is 0 Å². The second kappa shape index (κ2) is 11.3. The maximum absolute atomic E-state index is 12.2. The van der Waals surface area contributed by atoms with Crippen molar-refractivity contribution in [3.63, 3.8) is 0 Å². The second-order valence-electron chi connectivity index (χ2n) is 9.91. The molecule has 2 aliphatic rings. The Morgan fingerprint density at radius 3 is 2.59 bits per heavy atom. The molecule has 158 valence electrons. The Morgan fingerprint density at radius 1 is 1.07 bits per heavy atom. The molecule has 27 heavy (non-hydrogen) atoms. The molecule has 0 aromatic heterocycles. The van der Waals surface area contributed by atoms with E-state index in [9.17, 15) is 4.79 Å². The van der Waals surface area contributed by atoms with Crippen molar-refractivity contribution in [1.29, 1.82) is 0 Å². The molecule has 4 heteroatoms. The molecule has 1 aliphatic carbocycles. The summed E-state index contributed by atoms with van der Waals surface area (Å²) in [6.07, 6.45) is 14.3. The van der Waals surface area contributed by atoms with Crippen molar-refractivity contribution in [2.45, 2.75) is 110 Å². The highest BCUT2D eigenvalue weighted by molar-refractivity contribution is 5.68. The molecule has 1 unspecified atom stereocenters. The quantitative estimate of drug-likeness (QED) is 0.545. The molecular formula is C23H44N2O2. The first-order valence-electron chi connectivity index (χ1n) is 11.6. The molecule has 0 aromatic carbocycles.